The predicted molar refractivity (Wildman–Crippen MR) is 115 cm³/mol. The maximum Gasteiger partial charge on any atom is 0.123 e. The summed E-state index contributed by atoms with van der Waals surface area (Å²) in [7, 11) is 0. The van der Waals surface area contributed by atoms with E-state index >= 15 is 0 Å². The Morgan fingerprint density at radius 1 is 1.32 bits per heavy atom. The number of allylic oxidation sites excluding steroid dienone is 3. The van der Waals surface area contributed by atoms with Gasteiger partial charge >= 0.3 is 0 Å². The summed E-state index contributed by atoms with van der Waals surface area (Å²) >= 11 is 8.12. The molecule has 2 nitrogen and oxygen atoms in total. The number of thioether (sulfide) groups is 1. The lowest BCUT2D eigenvalue weighted by molar-refractivity contribution is 0.394. The molecule has 1 N–H and O–H groups in total. The Labute approximate surface area is 163 Å². The molecule has 0 amide bonds. The molecule has 25 heavy (non-hydrogen) atoms. The van der Waals surface area contributed by atoms with Gasteiger partial charge in [0.05, 0.1) is 10.7 Å². The smallest absolute Gasteiger partial charge is 0.123 e. The lowest BCUT2D eigenvalue weighted by Gasteiger charge is -2.25. The standard InChI is InChI=1S/C20H22N2S3/c1-14-6-4-7-17-19(14)15(13-25-17)12-16-20(24-11-5-10-23)21-18-8-2-3-9-22(16)18/h2-4,6-9,13,18,21,23H,5,10-12H2,1H3. The predicted octanol–water partition coefficient (Wildman–Crippen LogP) is 5.29. The molecule has 1 atom stereocenters. The van der Waals surface area contributed by atoms with E-state index in [-0.39, 0.29) is 6.17 Å². The van der Waals surface area contributed by atoms with Crippen LogP contribution in [-0.2, 0) is 6.42 Å². The summed E-state index contributed by atoms with van der Waals surface area (Å²) in [5.41, 5.74) is 4.19. The van der Waals surface area contributed by atoms with Crippen LogP contribution in [0.4, 0.5) is 0 Å². The minimum atomic E-state index is 0.254. The molecule has 0 saturated carbocycles. The average molecular weight is 387 g/mol. The molecule has 2 aliphatic heterocycles. The summed E-state index contributed by atoms with van der Waals surface area (Å²) in [6, 6.07) is 6.60. The van der Waals surface area contributed by atoms with E-state index in [4.69, 9.17) is 0 Å². The Hall–Kier alpha value is -1.30. The molecule has 3 heterocycles. The van der Waals surface area contributed by atoms with Crippen molar-refractivity contribution < 1.29 is 0 Å². The minimum Gasteiger partial charge on any atom is -0.355 e. The van der Waals surface area contributed by atoms with E-state index in [0.29, 0.717) is 0 Å². The van der Waals surface area contributed by atoms with Gasteiger partial charge in [0.2, 0.25) is 0 Å². The number of thiol groups is 1. The number of thiophene rings is 1. The summed E-state index contributed by atoms with van der Waals surface area (Å²) in [6.45, 7) is 2.22. The maximum atomic E-state index is 4.34. The van der Waals surface area contributed by atoms with Crippen LogP contribution in [0.3, 0.4) is 0 Å². The highest BCUT2D eigenvalue weighted by atomic mass is 32.2. The number of rotatable bonds is 6. The van der Waals surface area contributed by atoms with Crippen LogP contribution < -0.4 is 5.32 Å². The van der Waals surface area contributed by atoms with Gasteiger partial charge in [0.1, 0.15) is 6.17 Å². The van der Waals surface area contributed by atoms with Crippen LogP contribution in [0, 0.1) is 6.92 Å². The van der Waals surface area contributed by atoms with Gasteiger partial charge in [-0.1, -0.05) is 18.2 Å². The Morgan fingerprint density at radius 3 is 3.12 bits per heavy atom. The number of nitrogens with zero attached hydrogens (tertiary/aromatic N) is 1. The van der Waals surface area contributed by atoms with Crippen LogP contribution in [0.1, 0.15) is 17.5 Å². The molecule has 1 aromatic carbocycles. The molecule has 0 fully saturated rings. The van der Waals surface area contributed by atoms with Crippen LogP contribution in [-0.4, -0.2) is 22.6 Å². The first-order valence-electron chi connectivity index (χ1n) is 8.60. The average Bonchev–Trinajstić information content (AvgIpc) is 3.19. The Bertz CT molecular complexity index is 863. The van der Waals surface area contributed by atoms with Crippen LogP contribution in [0.15, 0.2) is 58.7 Å². The van der Waals surface area contributed by atoms with Crippen LogP contribution in [0.5, 0.6) is 0 Å². The molecule has 1 unspecified atom stereocenters. The summed E-state index contributed by atoms with van der Waals surface area (Å²) in [6.07, 6.45) is 11.0. The highest BCUT2D eigenvalue weighted by molar-refractivity contribution is 8.03. The topological polar surface area (TPSA) is 15.3 Å². The summed E-state index contributed by atoms with van der Waals surface area (Å²) < 4.78 is 1.39. The number of fused-ring (bicyclic) bond motifs is 2. The van der Waals surface area contributed by atoms with E-state index < -0.39 is 0 Å². The fraction of sp³-hybridized carbons (Fsp3) is 0.300. The highest BCUT2D eigenvalue weighted by Crippen LogP contribution is 2.36. The van der Waals surface area contributed by atoms with Crippen molar-refractivity contribution in [3.63, 3.8) is 0 Å². The monoisotopic (exact) mass is 386 g/mol. The van der Waals surface area contributed by atoms with Crippen molar-refractivity contribution in [3.8, 4) is 0 Å². The third-order valence-electron chi connectivity index (χ3n) is 4.59. The van der Waals surface area contributed by atoms with Gasteiger partial charge in [-0.2, -0.15) is 12.6 Å². The minimum absolute atomic E-state index is 0.254. The molecule has 5 heteroatoms. The van der Waals surface area contributed by atoms with Crippen molar-refractivity contribution in [1.82, 2.24) is 10.2 Å². The number of nitrogens with one attached hydrogen (secondary N) is 1. The second kappa shape index (κ2) is 7.52. The molecule has 4 rings (SSSR count). The molecule has 0 bridgehead atoms. The van der Waals surface area contributed by atoms with Crippen molar-refractivity contribution in [2.24, 2.45) is 0 Å². The molecule has 0 saturated heterocycles. The van der Waals surface area contributed by atoms with Crippen molar-refractivity contribution >= 4 is 45.8 Å². The van der Waals surface area contributed by atoms with Crippen LogP contribution in [0.25, 0.3) is 10.1 Å². The fourth-order valence-electron chi connectivity index (χ4n) is 3.40. The number of hydrogen-bond donors (Lipinski definition) is 2. The summed E-state index contributed by atoms with van der Waals surface area (Å²) in [5.74, 6) is 2.05. The van der Waals surface area contributed by atoms with E-state index in [0.717, 1.165) is 24.3 Å². The first-order valence-corrected chi connectivity index (χ1v) is 11.1. The zero-order valence-electron chi connectivity index (χ0n) is 14.2. The van der Waals surface area contributed by atoms with Crippen molar-refractivity contribution in [2.75, 3.05) is 11.5 Å². The second-order valence-electron chi connectivity index (χ2n) is 6.31. The SMILES string of the molecule is Cc1cccc2scc(CC3=C(SCCCS)NC4C=CC=CN34)c12. The van der Waals surface area contributed by atoms with Crippen LogP contribution in [0.2, 0.25) is 0 Å². The van der Waals surface area contributed by atoms with Gasteiger partial charge < -0.3 is 10.2 Å². The molecule has 0 aliphatic carbocycles. The molecule has 1 aromatic heterocycles. The number of hydrogen-bond acceptors (Lipinski definition) is 5. The van der Waals surface area contributed by atoms with E-state index in [1.54, 1.807) is 0 Å². The van der Waals surface area contributed by atoms with Gasteiger partial charge in [0, 0.05) is 23.1 Å². The van der Waals surface area contributed by atoms with E-state index in [2.05, 4.69) is 77.8 Å². The molecule has 0 spiro atoms. The van der Waals surface area contributed by atoms with Crippen molar-refractivity contribution in [1.29, 1.82) is 0 Å². The molecular weight excluding hydrogens is 364 g/mol. The summed E-state index contributed by atoms with van der Waals surface area (Å²) in [4.78, 5) is 2.38. The zero-order valence-corrected chi connectivity index (χ0v) is 16.8. The third kappa shape index (κ3) is 3.37. The lowest BCUT2D eigenvalue weighted by atomic mass is 10.0. The van der Waals surface area contributed by atoms with Gasteiger partial charge in [-0.25, -0.2) is 0 Å². The van der Waals surface area contributed by atoms with Gasteiger partial charge in [-0.3, -0.25) is 0 Å². The molecule has 0 radical (unpaired) electrons. The van der Waals surface area contributed by atoms with Gasteiger partial charge in [-0.05, 0) is 59.2 Å². The molecule has 2 aliphatic rings. The third-order valence-corrected chi connectivity index (χ3v) is 7.04. The van der Waals surface area contributed by atoms with Crippen LogP contribution >= 0.6 is 35.7 Å². The second-order valence-corrected chi connectivity index (χ2v) is 8.77. The van der Waals surface area contributed by atoms with E-state index in [9.17, 15) is 0 Å². The maximum absolute atomic E-state index is 4.34. The molecule has 130 valence electrons. The number of aryl methyl sites for hydroxylation is 1. The zero-order chi connectivity index (χ0) is 17.2. The van der Waals surface area contributed by atoms with Gasteiger partial charge in [0.25, 0.3) is 0 Å². The molecule has 2 aromatic rings. The highest BCUT2D eigenvalue weighted by Gasteiger charge is 2.29. The fourth-order valence-corrected chi connectivity index (χ4v) is 5.85. The Kier molecular flexibility index (Phi) is 5.15. The van der Waals surface area contributed by atoms with Gasteiger partial charge in [0.15, 0.2) is 0 Å². The lowest BCUT2D eigenvalue weighted by Crippen LogP contribution is -2.33. The van der Waals surface area contributed by atoms with E-state index in [1.165, 1.54) is 31.9 Å². The largest absolute Gasteiger partial charge is 0.355 e. The Morgan fingerprint density at radius 2 is 2.24 bits per heavy atom. The molecular formula is C20H22N2S3. The first kappa shape index (κ1) is 17.1. The first-order chi connectivity index (χ1) is 12.3. The quantitative estimate of drug-likeness (QED) is 0.518. The summed E-state index contributed by atoms with van der Waals surface area (Å²) in [5, 5.41) is 8.76. The van der Waals surface area contributed by atoms with Crippen molar-refractivity contribution in [2.45, 2.75) is 25.9 Å². The normalized spacial score (nSPS) is 19.0. The van der Waals surface area contributed by atoms with Crippen molar-refractivity contribution in [3.05, 3.63) is 69.9 Å². The Balaban J connectivity index is 1.67. The van der Waals surface area contributed by atoms with E-state index in [1.807, 2.05) is 23.1 Å². The van der Waals surface area contributed by atoms with Gasteiger partial charge in [-0.15, -0.1) is 23.1 Å². The number of benzene rings is 1.